The molecule has 1 aromatic rings. The number of benzene rings is 1. The number of anilines is 1. The van der Waals surface area contributed by atoms with Crippen LogP contribution in [0, 0.1) is 10.1 Å². The molecule has 0 unspecified atom stereocenters. The zero-order valence-electron chi connectivity index (χ0n) is 8.09. The molecule has 0 bridgehead atoms. The summed E-state index contributed by atoms with van der Waals surface area (Å²) in [6, 6.07) is 2.98. The Labute approximate surface area is 104 Å². The smallest absolute Gasteiger partial charge is 0.271 e. The van der Waals surface area contributed by atoms with Crippen LogP contribution >= 0.6 is 31.9 Å². The van der Waals surface area contributed by atoms with Gasteiger partial charge in [0.2, 0.25) is 0 Å². The highest BCUT2D eigenvalue weighted by Crippen LogP contribution is 2.34. The average Bonchev–Trinajstić information content (AvgIpc) is 2.16. The number of nitrogens with zero attached hydrogens (tertiary/aromatic N) is 1. The van der Waals surface area contributed by atoms with E-state index in [1.165, 1.54) is 12.1 Å². The fourth-order valence-electron chi connectivity index (χ4n) is 1.08. The van der Waals surface area contributed by atoms with Crippen LogP contribution in [0.15, 0.2) is 21.1 Å². The molecule has 1 aromatic carbocycles. The molecule has 1 rings (SSSR count). The molecule has 0 saturated carbocycles. The van der Waals surface area contributed by atoms with Crippen LogP contribution < -0.4 is 5.32 Å². The van der Waals surface area contributed by atoms with Gasteiger partial charge in [0, 0.05) is 27.6 Å². The van der Waals surface area contributed by atoms with Crippen molar-refractivity contribution in [2.45, 2.75) is 13.3 Å². The van der Waals surface area contributed by atoms with E-state index in [-0.39, 0.29) is 5.69 Å². The van der Waals surface area contributed by atoms with Crippen molar-refractivity contribution in [2.24, 2.45) is 0 Å². The van der Waals surface area contributed by atoms with E-state index in [0.29, 0.717) is 8.95 Å². The Bertz CT molecular complexity index is 359. The molecule has 0 aliphatic carbocycles. The number of nitro benzene ring substituents is 1. The highest BCUT2D eigenvalue weighted by molar-refractivity contribution is 9.11. The third-order valence-electron chi connectivity index (χ3n) is 1.79. The molecule has 0 radical (unpaired) electrons. The molecule has 15 heavy (non-hydrogen) atoms. The first-order valence-electron chi connectivity index (χ1n) is 4.43. The van der Waals surface area contributed by atoms with Gasteiger partial charge in [0.05, 0.1) is 10.6 Å². The van der Waals surface area contributed by atoms with E-state index in [0.717, 1.165) is 18.7 Å². The Hall–Kier alpha value is -0.620. The summed E-state index contributed by atoms with van der Waals surface area (Å²) in [6.07, 6.45) is 0.996. The third-order valence-corrected chi connectivity index (χ3v) is 3.04. The lowest BCUT2D eigenvalue weighted by Gasteiger charge is -2.09. The maximum atomic E-state index is 10.6. The quantitative estimate of drug-likeness (QED) is 0.668. The van der Waals surface area contributed by atoms with Crippen molar-refractivity contribution in [3.05, 3.63) is 31.2 Å². The fourth-order valence-corrected chi connectivity index (χ4v) is 2.53. The van der Waals surface area contributed by atoms with Crippen LogP contribution in [0.4, 0.5) is 11.4 Å². The highest BCUT2D eigenvalue weighted by atomic mass is 79.9. The second-order valence-corrected chi connectivity index (χ2v) is 4.68. The zero-order valence-corrected chi connectivity index (χ0v) is 11.3. The monoisotopic (exact) mass is 336 g/mol. The van der Waals surface area contributed by atoms with Crippen LogP contribution in [0.3, 0.4) is 0 Å². The van der Waals surface area contributed by atoms with E-state index in [1.54, 1.807) is 0 Å². The molecule has 0 fully saturated rings. The number of halogens is 2. The average molecular weight is 338 g/mol. The summed E-state index contributed by atoms with van der Waals surface area (Å²) in [5.74, 6) is 0. The summed E-state index contributed by atoms with van der Waals surface area (Å²) < 4.78 is 1.38. The molecule has 0 heterocycles. The number of rotatable bonds is 4. The highest BCUT2D eigenvalue weighted by Gasteiger charge is 2.13. The van der Waals surface area contributed by atoms with Gasteiger partial charge in [-0.2, -0.15) is 0 Å². The predicted molar refractivity (Wildman–Crippen MR) is 67.3 cm³/mol. The molecule has 0 spiro atoms. The van der Waals surface area contributed by atoms with Crippen molar-refractivity contribution in [3.8, 4) is 0 Å². The van der Waals surface area contributed by atoms with Gasteiger partial charge in [0.25, 0.3) is 5.69 Å². The first kappa shape index (κ1) is 12.4. The van der Waals surface area contributed by atoms with Crippen LogP contribution in [-0.4, -0.2) is 11.5 Å². The number of nitrogens with one attached hydrogen (secondary N) is 1. The van der Waals surface area contributed by atoms with Crippen molar-refractivity contribution < 1.29 is 4.92 Å². The Balaban J connectivity index is 3.04. The van der Waals surface area contributed by atoms with Gasteiger partial charge in [-0.15, -0.1) is 0 Å². The van der Waals surface area contributed by atoms with Crippen LogP contribution in [0.1, 0.15) is 13.3 Å². The Morgan fingerprint density at radius 2 is 1.93 bits per heavy atom. The fraction of sp³-hybridized carbons (Fsp3) is 0.333. The maximum Gasteiger partial charge on any atom is 0.271 e. The minimum atomic E-state index is -0.418. The molecular formula is C9H10Br2N2O2. The Morgan fingerprint density at radius 3 is 2.33 bits per heavy atom. The van der Waals surface area contributed by atoms with E-state index >= 15 is 0 Å². The van der Waals surface area contributed by atoms with Crippen molar-refractivity contribution in [1.82, 2.24) is 0 Å². The van der Waals surface area contributed by atoms with E-state index in [1.807, 2.05) is 0 Å². The summed E-state index contributed by atoms with van der Waals surface area (Å²) >= 11 is 6.60. The molecule has 0 amide bonds. The summed E-state index contributed by atoms with van der Waals surface area (Å²) in [5.41, 5.74) is 0.915. The van der Waals surface area contributed by atoms with Gasteiger partial charge in [0.15, 0.2) is 0 Å². The molecule has 4 nitrogen and oxygen atoms in total. The summed E-state index contributed by atoms with van der Waals surface area (Å²) in [7, 11) is 0. The summed E-state index contributed by atoms with van der Waals surface area (Å²) in [5, 5.41) is 13.8. The van der Waals surface area contributed by atoms with Gasteiger partial charge < -0.3 is 5.32 Å². The van der Waals surface area contributed by atoms with Gasteiger partial charge in [-0.25, -0.2) is 0 Å². The minimum Gasteiger partial charge on any atom is -0.383 e. The standard InChI is InChI=1S/C9H10Br2N2O2/c1-2-3-12-9-7(10)4-6(13(14)15)5-8(9)11/h4-5,12H,2-3H2,1H3. The molecule has 6 heteroatoms. The molecule has 1 N–H and O–H groups in total. The molecule has 82 valence electrons. The van der Waals surface area contributed by atoms with Gasteiger partial charge in [-0.05, 0) is 38.3 Å². The largest absolute Gasteiger partial charge is 0.383 e. The van der Waals surface area contributed by atoms with E-state index in [9.17, 15) is 10.1 Å². The molecule has 0 aliphatic heterocycles. The predicted octanol–water partition coefficient (Wildman–Crippen LogP) is 3.94. The van der Waals surface area contributed by atoms with Crippen molar-refractivity contribution in [2.75, 3.05) is 11.9 Å². The zero-order chi connectivity index (χ0) is 11.4. The van der Waals surface area contributed by atoms with Crippen LogP contribution in [0.25, 0.3) is 0 Å². The number of non-ortho nitro benzene ring substituents is 1. The van der Waals surface area contributed by atoms with Gasteiger partial charge >= 0.3 is 0 Å². The second-order valence-electron chi connectivity index (χ2n) is 2.97. The normalized spacial score (nSPS) is 10.1. The number of hydrogen-bond acceptors (Lipinski definition) is 3. The SMILES string of the molecule is CCCNc1c(Br)cc([N+](=O)[O-])cc1Br. The van der Waals surface area contributed by atoms with Crippen LogP contribution in [0.5, 0.6) is 0 Å². The maximum absolute atomic E-state index is 10.6. The topological polar surface area (TPSA) is 55.2 Å². The second kappa shape index (κ2) is 5.46. The van der Waals surface area contributed by atoms with Gasteiger partial charge in [-0.1, -0.05) is 6.92 Å². The summed E-state index contributed by atoms with van der Waals surface area (Å²) in [6.45, 7) is 2.88. The van der Waals surface area contributed by atoms with Crippen molar-refractivity contribution >= 4 is 43.2 Å². The lowest BCUT2D eigenvalue weighted by atomic mass is 10.3. The van der Waals surface area contributed by atoms with Crippen molar-refractivity contribution in [3.63, 3.8) is 0 Å². The Morgan fingerprint density at radius 1 is 1.40 bits per heavy atom. The lowest BCUT2D eigenvalue weighted by molar-refractivity contribution is -0.385. The lowest BCUT2D eigenvalue weighted by Crippen LogP contribution is -2.01. The number of nitro groups is 1. The molecule has 0 atom stereocenters. The van der Waals surface area contributed by atoms with Crippen molar-refractivity contribution in [1.29, 1.82) is 0 Å². The minimum absolute atomic E-state index is 0.0656. The van der Waals surface area contributed by atoms with E-state index < -0.39 is 4.92 Å². The van der Waals surface area contributed by atoms with E-state index in [2.05, 4.69) is 44.1 Å². The molecule has 0 aliphatic rings. The first-order valence-corrected chi connectivity index (χ1v) is 6.02. The van der Waals surface area contributed by atoms with E-state index in [4.69, 9.17) is 0 Å². The van der Waals surface area contributed by atoms with Gasteiger partial charge in [-0.3, -0.25) is 10.1 Å². The molecular weight excluding hydrogens is 328 g/mol. The van der Waals surface area contributed by atoms with Crippen LogP contribution in [0.2, 0.25) is 0 Å². The first-order chi connectivity index (χ1) is 7.06. The van der Waals surface area contributed by atoms with Gasteiger partial charge in [0.1, 0.15) is 0 Å². The Kier molecular flexibility index (Phi) is 4.53. The summed E-state index contributed by atoms with van der Waals surface area (Å²) in [4.78, 5) is 10.2. The number of hydrogen-bond donors (Lipinski definition) is 1. The van der Waals surface area contributed by atoms with Crippen LogP contribution in [-0.2, 0) is 0 Å². The third kappa shape index (κ3) is 3.17. The molecule has 0 saturated heterocycles. The molecule has 0 aromatic heterocycles.